The van der Waals surface area contributed by atoms with Gasteiger partial charge in [-0.1, -0.05) is 6.92 Å². The van der Waals surface area contributed by atoms with Crippen LogP contribution in [-0.2, 0) is 4.74 Å². The predicted molar refractivity (Wildman–Crippen MR) is 39.5 cm³/mol. The Morgan fingerprint density at radius 1 is 1.60 bits per heavy atom. The van der Waals surface area contributed by atoms with Crippen molar-refractivity contribution in [3.63, 3.8) is 0 Å². The van der Waals surface area contributed by atoms with E-state index < -0.39 is 6.10 Å². The van der Waals surface area contributed by atoms with E-state index in [1.165, 1.54) is 0 Å². The van der Waals surface area contributed by atoms with Gasteiger partial charge in [0.1, 0.15) is 14.0 Å². The Bertz CT molecular complexity index is 120. The molecule has 0 aromatic carbocycles. The Balaban J connectivity index is 2.53. The first-order valence-corrected chi connectivity index (χ1v) is 3.61. The molecule has 2 N–H and O–H groups in total. The van der Waals surface area contributed by atoms with Crippen LogP contribution in [0.3, 0.4) is 0 Å². The first kappa shape index (κ1) is 8.05. The van der Waals surface area contributed by atoms with Crippen LogP contribution in [0.1, 0.15) is 6.92 Å². The second-order valence-electron chi connectivity index (χ2n) is 2.91. The van der Waals surface area contributed by atoms with E-state index in [1.807, 2.05) is 14.8 Å². The number of aliphatic hydroxyl groups excluding tert-OH is 2. The van der Waals surface area contributed by atoms with E-state index in [4.69, 9.17) is 9.84 Å². The third-order valence-electron chi connectivity index (χ3n) is 2.23. The van der Waals surface area contributed by atoms with E-state index in [0.717, 1.165) is 0 Å². The summed E-state index contributed by atoms with van der Waals surface area (Å²) in [5.41, 5.74) is 0. The summed E-state index contributed by atoms with van der Waals surface area (Å²) in [6.45, 7) is 1.83. The van der Waals surface area contributed by atoms with Crippen molar-refractivity contribution in [2.24, 2.45) is 5.92 Å². The Morgan fingerprint density at radius 2 is 2.20 bits per heavy atom. The highest BCUT2D eigenvalue weighted by Gasteiger charge is 2.37. The molecule has 0 aromatic rings. The highest BCUT2D eigenvalue weighted by Crippen LogP contribution is 2.23. The minimum atomic E-state index is -0.500. The summed E-state index contributed by atoms with van der Waals surface area (Å²) in [7, 11) is 1.91. The number of aliphatic hydroxyl groups is 2. The summed E-state index contributed by atoms with van der Waals surface area (Å²) in [6, 6.07) is 0.0622. The third kappa shape index (κ3) is 1.19. The van der Waals surface area contributed by atoms with Gasteiger partial charge in [-0.3, -0.25) is 0 Å². The molecule has 0 spiro atoms. The zero-order chi connectivity index (χ0) is 7.72. The van der Waals surface area contributed by atoms with Gasteiger partial charge in [-0.05, 0) is 0 Å². The Morgan fingerprint density at radius 3 is 2.40 bits per heavy atom. The molecule has 4 heteroatoms. The molecule has 1 aliphatic heterocycles. The van der Waals surface area contributed by atoms with Crippen LogP contribution < -0.4 is 0 Å². The zero-order valence-electron chi connectivity index (χ0n) is 6.32. The minimum Gasteiger partial charge on any atom is -0.394 e. The van der Waals surface area contributed by atoms with Crippen LogP contribution in [0.4, 0.5) is 0 Å². The molecule has 1 aliphatic rings. The van der Waals surface area contributed by atoms with Crippen molar-refractivity contribution in [3.8, 4) is 0 Å². The SMILES string of the molecule is B[C@@H]1O[C@H](CO)[C@@H](O)[C@H]1C. The van der Waals surface area contributed by atoms with E-state index in [9.17, 15) is 5.11 Å². The lowest BCUT2D eigenvalue weighted by Crippen LogP contribution is -2.28. The molecule has 1 fully saturated rings. The number of rotatable bonds is 1. The lowest BCUT2D eigenvalue weighted by Gasteiger charge is -2.11. The molecule has 1 heterocycles. The molecule has 0 aliphatic carbocycles. The fourth-order valence-corrected chi connectivity index (χ4v) is 1.25. The van der Waals surface area contributed by atoms with E-state index >= 15 is 0 Å². The van der Waals surface area contributed by atoms with E-state index in [-0.39, 0.29) is 24.6 Å². The fraction of sp³-hybridized carbons (Fsp3) is 1.00. The van der Waals surface area contributed by atoms with Gasteiger partial charge in [0.25, 0.3) is 0 Å². The highest BCUT2D eigenvalue weighted by molar-refractivity contribution is 6.11. The molecule has 10 heavy (non-hydrogen) atoms. The normalized spacial score (nSPS) is 47.9. The molecule has 58 valence electrons. The standard InChI is InChI=1S/C6H13BO3/c1-3-5(9)4(2-8)10-6(3)7/h3-6,8-9H,2,7H2,1H3/t3-,4-,5+,6-/m1/s1. The maximum atomic E-state index is 9.34. The minimum absolute atomic E-state index is 0.0622. The Kier molecular flexibility index (Phi) is 2.34. The van der Waals surface area contributed by atoms with Gasteiger partial charge in [0, 0.05) is 11.9 Å². The molecule has 4 atom stereocenters. The van der Waals surface area contributed by atoms with Gasteiger partial charge < -0.3 is 14.9 Å². The molecule has 1 saturated heterocycles. The van der Waals surface area contributed by atoms with Gasteiger partial charge in [0.15, 0.2) is 0 Å². The third-order valence-corrected chi connectivity index (χ3v) is 2.23. The summed E-state index contributed by atoms with van der Waals surface area (Å²) in [5.74, 6) is 0.136. The summed E-state index contributed by atoms with van der Waals surface area (Å²) >= 11 is 0. The molecule has 0 unspecified atom stereocenters. The summed E-state index contributed by atoms with van der Waals surface area (Å²) < 4.78 is 5.23. The monoisotopic (exact) mass is 144 g/mol. The van der Waals surface area contributed by atoms with Crippen molar-refractivity contribution >= 4 is 7.85 Å². The average molecular weight is 144 g/mol. The largest absolute Gasteiger partial charge is 0.394 e. The smallest absolute Gasteiger partial charge is 0.139 e. The molecule has 0 bridgehead atoms. The fourth-order valence-electron chi connectivity index (χ4n) is 1.25. The van der Waals surface area contributed by atoms with Crippen LogP contribution >= 0.6 is 0 Å². The van der Waals surface area contributed by atoms with Crippen molar-refractivity contribution in [1.82, 2.24) is 0 Å². The molecule has 0 aromatic heterocycles. The Labute approximate surface area is 61.4 Å². The van der Waals surface area contributed by atoms with Crippen molar-refractivity contribution in [3.05, 3.63) is 0 Å². The van der Waals surface area contributed by atoms with Gasteiger partial charge in [-0.25, -0.2) is 0 Å². The number of ether oxygens (including phenoxy) is 1. The van der Waals surface area contributed by atoms with Crippen molar-refractivity contribution < 1.29 is 14.9 Å². The lowest BCUT2D eigenvalue weighted by atomic mass is 9.86. The van der Waals surface area contributed by atoms with Gasteiger partial charge in [-0.15, -0.1) is 0 Å². The molecule has 3 nitrogen and oxygen atoms in total. The molecule has 1 rings (SSSR count). The van der Waals surface area contributed by atoms with Crippen LogP contribution in [-0.4, -0.2) is 42.9 Å². The molecule has 0 amide bonds. The number of hydrogen-bond acceptors (Lipinski definition) is 3. The summed E-state index contributed by atoms with van der Waals surface area (Å²) in [5, 5.41) is 18.0. The van der Waals surface area contributed by atoms with E-state index in [1.54, 1.807) is 0 Å². The second-order valence-corrected chi connectivity index (χ2v) is 2.91. The van der Waals surface area contributed by atoms with Crippen LogP contribution in [0.15, 0.2) is 0 Å². The van der Waals surface area contributed by atoms with Crippen LogP contribution in [0.5, 0.6) is 0 Å². The van der Waals surface area contributed by atoms with Crippen molar-refractivity contribution in [1.29, 1.82) is 0 Å². The first-order valence-electron chi connectivity index (χ1n) is 3.61. The molecular weight excluding hydrogens is 131 g/mol. The average Bonchev–Trinajstić information content (AvgIpc) is 2.17. The van der Waals surface area contributed by atoms with Gasteiger partial charge in [0.2, 0.25) is 0 Å². The summed E-state index contributed by atoms with van der Waals surface area (Å²) in [4.78, 5) is 0. The molecular formula is C6H13BO3. The van der Waals surface area contributed by atoms with E-state index in [2.05, 4.69) is 0 Å². The van der Waals surface area contributed by atoms with Crippen LogP contribution in [0.25, 0.3) is 0 Å². The maximum absolute atomic E-state index is 9.34. The number of hydrogen-bond donors (Lipinski definition) is 2. The van der Waals surface area contributed by atoms with Gasteiger partial charge in [-0.2, -0.15) is 0 Å². The highest BCUT2D eigenvalue weighted by atomic mass is 16.5. The maximum Gasteiger partial charge on any atom is 0.139 e. The van der Waals surface area contributed by atoms with Crippen molar-refractivity contribution in [2.45, 2.75) is 25.1 Å². The van der Waals surface area contributed by atoms with Crippen molar-refractivity contribution in [2.75, 3.05) is 6.61 Å². The zero-order valence-corrected chi connectivity index (χ0v) is 6.32. The summed E-state index contributed by atoms with van der Waals surface area (Å²) in [6.07, 6.45) is -0.870. The quantitative estimate of drug-likeness (QED) is 0.433. The predicted octanol–water partition coefficient (Wildman–Crippen LogP) is -1.67. The topological polar surface area (TPSA) is 49.7 Å². The first-order chi connectivity index (χ1) is 4.66. The molecule has 0 radical (unpaired) electrons. The van der Waals surface area contributed by atoms with Gasteiger partial charge in [0.05, 0.1) is 12.7 Å². The second kappa shape index (κ2) is 2.90. The van der Waals surface area contributed by atoms with Gasteiger partial charge >= 0.3 is 0 Å². The lowest BCUT2D eigenvalue weighted by molar-refractivity contribution is -0.00490. The van der Waals surface area contributed by atoms with Crippen LogP contribution in [0.2, 0.25) is 0 Å². The molecule has 0 saturated carbocycles. The Hall–Kier alpha value is -0.0551. The van der Waals surface area contributed by atoms with Crippen LogP contribution in [0, 0.1) is 5.92 Å². The van der Waals surface area contributed by atoms with E-state index in [0.29, 0.717) is 0 Å².